The zero-order chi connectivity index (χ0) is 12.8. The second kappa shape index (κ2) is 4.43. The Bertz CT molecular complexity index is 438. The number of rotatable bonds is 1. The Labute approximate surface area is 113 Å². The minimum Gasteiger partial charge on any atom is -0.329 e. The third kappa shape index (κ3) is 2.19. The van der Waals surface area contributed by atoms with Crippen LogP contribution in [0.15, 0.2) is 12.1 Å². The Morgan fingerprint density at radius 1 is 1.29 bits per heavy atom. The Morgan fingerprint density at radius 2 is 1.88 bits per heavy atom. The smallest absolute Gasteiger partial charge is 0.0497 e. The zero-order valence-electron chi connectivity index (χ0n) is 10.4. The fourth-order valence-electron chi connectivity index (χ4n) is 2.52. The van der Waals surface area contributed by atoms with Crippen LogP contribution in [0, 0.1) is 0 Å². The maximum atomic E-state index is 6.29. The molecule has 2 N–H and O–H groups in total. The van der Waals surface area contributed by atoms with Crippen LogP contribution in [-0.4, -0.2) is 17.0 Å². The second-order valence-corrected chi connectivity index (χ2v) is 6.29. The highest BCUT2D eigenvalue weighted by Gasteiger charge is 2.38. The molecule has 0 radical (unpaired) electrons. The number of nitrogens with two attached hydrogens (primary N) is 1. The van der Waals surface area contributed by atoms with Crippen molar-refractivity contribution in [3.8, 4) is 0 Å². The first-order valence-electron chi connectivity index (χ1n) is 5.80. The molecule has 1 atom stereocenters. The first-order chi connectivity index (χ1) is 7.86. The highest BCUT2D eigenvalue weighted by molar-refractivity contribution is 6.34. The van der Waals surface area contributed by atoms with E-state index in [9.17, 15) is 0 Å². The van der Waals surface area contributed by atoms with Crippen molar-refractivity contribution in [2.75, 3.05) is 6.54 Å². The van der Waals surface area contributed by atoms with E-state index in [0.717, 1.165) is 27.7 Å². The van der Waals surface area contributed by atoms with Gasteiger partial charge in [0.1, 0.15) is 0 Å². The van der Waals surface area contributed by atoms with Gasteiger partial charge >= 0.3 is 0 Å². The molecular formula is C13H18Cl2N2. The summed E-state index contributed by atoms with van der Waals surface area (Å²) in [6, 6.07) is 3.89. The fraction of sp³-hybridized carbons (Fsp3) is 0.538. The molecule has 1 aromatic rings. The lowest BCUT2D eigenvalue weighted by Crippen LogP contribution is -2.42. The van der Waals surface area contributed by atoms with Gasteiger partial charge in [-0.2, -0.15) is 0 Å². The van der Waals surface area contributed by atoms with Crippen LogP contribution in [0.5, 0.6) is 0 Å². The molecule has 0 bridgehead atoms. The fourth-order valence-corrected chi connectivity index (χ4v) is 3.04. The quantitative estimate of drug-likeness (QED) is 0.847. The summed E-state index contributed by atoms with van der Waals surface area (Å²) in [5.74, 6) is 0. The van der Waals surface area contributed by atoms with E-state index in [1.165, 1.54) is 0 Å². The number of halogens is 2. The summed E-state index contributed by atoms with van der Waals surface area (Å²) >= 11 is 12.5. The SMILES string of the molecule is CC(C)(C)N1Cc2c(Cl)ccc(Cl)c2C1CN. The van der Waals surface area contributed by atoms with E-state index in [-0.39, 0.29) is 11.6 Å². The maximum Gasteiger partial charge on any atom is 0.0497 e. The van der Waals surface area contributed by atoms with Crippen LogP contribution in [0.1, 0.15) is 37.9 Å². The minimum absolute atomic E-state index is 0.0513. The van der Waals surface area contributed by atoms with Crippen LogP contribution in [-0.2, 0) is 6.54 Å². The summed E-state index contributed by atoms with van der Waals surface area (Å²) < 4.78 is 0. The summed E-state index contributed by atoms with van der Waals surface area (Å²) in [4.78, 5) is 2.36. The van der Waals surface area contributed by atoms with Crippen LogP contribution in [0.2, 0.25) is 10.0 Å². The molecule has 0 fully saturated rings. The first kappa shape index (κ1) is 13.2. The van der Waals surface area contributed by atoms with E-state index < -0.39 is 0 Å². The molecule has 0 aromatic heterocycles. The molecule has 0 saturated carbocycles. The van der Waals surface area contributed by atoms with Crippen LogP contribution in [0.4, 0.5) is 0 Å². The highest BCUT2D eigenvalue weighted by Crippen LogP contribution is 2.44. The Kier molecular flexibility index (Phi) is 3.43. The third-order valence-electron chi connectivity index (χ3n) is 3.37. The molecule has 2 nitrogen and oxygen atoms in total. The molecule has 4 heteroatoms. The molecule has 0 amide bonds. The Balaban J connectivity index is 2.52. The maximum absolute atomic E-state index is 6.29. The molecule has 0 spiro atoms. The van der Waals surface area contributed by atoms with Gasteiger partial charge in [0.25, 0.3) is 0 Å². The summed E-state index contributed by atoms with van der Waals surface area (Å²) in [5, 5.41) is 1.56. The first-order valence-corrected chi connectivity index (χ1v) is 6.55. The van der Waals surface area contributed by atoms with Gasteiger partial charge in [-0.05, 0) is 44.0 Å². The average molecular weight is 273 g/mol. The van der Waals surface area contributed by atoms with Crippen LogP contribution < -0.4 is 5.73 Å². The molecule has 0 aliphatic carbocycles. The molecule has 94 valence electrons. The van der Waals surface area contributed by atoms with Crippen molar-refractivity contribution in [3.05, 3.63) is 33.3 Å². The summed E-state index contributed by atoms with van der Waals surface area (Å²) in [6.45, 7) is 7.93. The normalized spacial score (nSPS) is 20.7. The molecule has 1 aliphatic heterocycles. The largest absolute Gasteiger partial charge is 0.329 e. The van der Waals surface area contributed by atoms with E-state index in [2.05, 4.69) is 25.7 Å². The highest BCUT2D eigenvalue weighted by atomic mass is 35.5. The van der Waals surface area contributed by atoms with Gasteiger partial charge in [0.15, 0.2) is 0 Å². The lowest BCUT2D eigenvalue weighted by atomic mass is 10.0. The van der Waals surface area contributed by atoms with Gasteiger partial charge < -0.3 is 5.73 Å². The predicted molar refractivity (Wildman–Crippen MR) is 73.6 cm³/mol. The van der Waals surface area contributed by atoms with E-state index in [1.54, 1.807) is 0 Å². The molecule has 17 heavy (non-hydrogen) atoms. The zero-order valence-corrected chi connectivity index (χ0v) is 11.9. The topological polar surface area (TPSA) is 29.3 Å². The van der Waals surface area contributed by atoms with Crippen molar-refractivity contribution in [2.24, 2.45) is 5.73 Å². The minimum atomic E-state index is 0.0513. The van der Waals surface area contributed by atoms with Gasteiger partial charge in [0.2, 0.25) is 0 Å². The molecule has 1 aliphatic rings. The monoisotopic (exact) mass is 272 g/mol. The summed E-state index contributed by atoms with van der Waals surface area (Å²) in [6.07, 6.45) is 0. The lowest BCUT2D eigenvalue weighted by molar-refractivity contribution is 0.0949. The number of hydrogen-bond acceptors (Lipinski definition) is 2. The van der Waals surface area contributed by atoms with Crippen molar-refractivity contribution >= 4 is 23.2 Å². The second-order valence-electron chi connectivity index (χ2n) is 5.47. The van der Waals surface area contributed by atoms with Gasteiger partial charge in [-0.3, -0.25) is 4.90 Å². The van der Waals surface area contributed by atoms with Crippen molar-refractivity contribution in [1.82, 2.24) is 4.90 Å². The lowest BCUT2D eigenvalue weighted by Gasteiger charge is -2.36. The number of nitrogens with zero attached hydrogens (tertiary/aromatic N) is 1. The van der Waals surface area contributed by atoms with E-state index in [1.807, 2.05) is 12.1 Å². The average Bonchev–Trinajstić information content (AvgIpc) is 2.63. The van der Waals surface area contributed by atoms with E-state index in [4.69, 9.17) is 28.9 Å². The molecule has 2 rings (SSSR count). The number of hydrogen-bond donors (Lipinski definition) is 1. The Hall–Kier alpha value is -0.280. The number of fused-ring (bicyclic) bond motifs is 1. The van der Waals surface area contributed by atoms with Crippen LogP contribution in [0.3, 0.4) is 0 Å². The molecule has 0 saturated heterocycles. The van der Waals surface area contributed by atoms with Crippen molar-refractivity contribution in [2.45, 2.75) is 38.9 Å². The van der Waals surface area contributed by atoms with E-state index >= 15 is 0 Å². The van der Waals surface area contributed by atoms with Crippen molar-refractivity contribution in [1.29, 1.82) is 0 Å². The molecular weight excluding hydrogens is 255 g/mol. The van der Waals surface area contributed by atoms with Crippen LogP contribution in [0.25, 0.3) is 0 Å². The standard InChI is InChI=1S/C13H18Cl2N2/c1-13(2,3)17-7-8-9(14)4-5-10(15)12(8)11(17)6-16/h4-5,11H,6-7,16H2,1-3H3. The van der Waals surface area contributed by atoms with Crippen LogP contribution >= 0.6 is 23.2 Å². The van der Waals surface area contributed by atoms with Gasteiger partial charge in [-0.1, -0.05) is 23.2 Å². The van der Waals surface area contributed by atoms with Gasteiger partial charge in [-0.25, -0.2) is 0 Å². The van der Waals surface area contributed by atoms with Crippen molar-refractivity contribution < 1.29 is 0 Å². The number of benzene rings is 1. The van der Waals surface area contributed by atoms with Crippen molar-refractivity contribution in [3.63, 3.8) is 0 Å². The molecule has 1 aromatic carbocycles. The molecule has 1 heterocycles. The summed E-state index contributed by atoms with van der Waals surface area (Å²) in [5.41, 5.74) is 8.20. The van der Waals surface area contributed by atoms with Gasteiger partial charge in [0.05, 0.1) is 0 Å². The predicted octanol–water partition coefficient (Wildman–Crippen LogP) is 3.61. The summed E-state index contributed by atoms with van der Waals surface area (Å²) in [7, 11) is 0. The van der Waals surface area contributed by atoms with E-state index in [0.29, 0.717) is 6.54 Å². The molecule has 1 unspecified atom stereocenters. The Morgan fingerprint density at radius 3 is 2.41 bits per heavy atom. The van der Waals surface area contributed by atoms with Gasteiger partial charge in [-0.15, -0.1) is 0 Å². The third-order valence-corrected chi connectivity index (χ3v) is 4.05. The van der Waals surface area contributed by atoms with Gasteiger partial charge in [0, 0.05) is 34.7 Å².